The van der Waals surface area contributed by atoms with Crippen LogP contribution in [0.3, 0.4) is 0 Å². The van der Waals surface area contributed by atoms with Crippen LogP contribution in [0.2, 0.25) is 0 Å². The number of hydrogen-bond donors (Lipinski definition) is 4. The van der Waals surface area contributed by atoms with Crippen LogP contribution in [0.15, 0.2) is 25.3 Å². The van der Waals surface area contributed by atoms with Crippen LogP contribution < -0.4 is 10.6 Å². The lowest BCUT2D eigenvalue weighted by Crippen LogP contribution is -2.06. The Morgan fingerprint density at radius 3 is 2.00 bits per heavy atom. The molecule has 0 radical (unpaired) electrons. The fourth-order valence-corrected chi connectivity index (χ4v) is 2.32. The van der Waals surface area contributed by atoms with Gasteiger partial charge in [0, 0.05) is 13.6 Å². The van der Waals surface area contributed by atoms with Crippen molar-refractivity contribution in [3.05, 3.63) is 25.3 Å². The molecule has 4 aromatic rings. The fraction of sp³-hybridized carbons (Fsp3) is 0.375. The third-order valence-corrected chi connectivity index (χ3v) is 3.69. The van der Waals surface area contributed by atoms with Crippen LogP contribution >= 0.6 is 0 Å². The normalized spacial score (nSPS) is 10.8. The van der Waals surface area contributed by atoms with Crippen molar-refractivity contribution in [3.8, 4) is 0 Å². The zero-order valence-corrected chi connectivity index (χ0v) is 15.0. The van der Waals surface area contributed by atoms with Crippen molar-refractivity contribution in [3.63, 3.8) is 0 Å². The van der Waals surface area contributed by atoms with Crippen LogP contribution in [0.4, 0.5) is 11.6 Å². The van der Waals surface area contributed by atoms with Crippen molar-refractivity contribution in [1.29, 1.82) is 0 Å². The second-order valence-electron chi connectivity index (χ2n) is 6.00. The molecule has 0 spiro atoms. The van der Waals surface area contributed by atoms with Crippen molar-refractivity contribution in [2.24, 2.45) is 5.92 Å². The van der Waals surface area contributed by atoms with Crippen molar-refractivity contribution >= 4 is 34.0 Å². The summed E-state index contributed by atoms with van der Waals surface area (Å²) in [6, 6.07) is 0. The van der Waals surface area contributed by atoms with Gasteiger partial charge in [-0.3, -0.25) is 0 Å². The number of aromatic amines is 2. The molecule has 4 rings (SSSR count). The molecule has 0 amide bonds. The highest BCUT2D eigenvalue weighted by molar-refractivity contribution is 5.82. The smallest absolute Gasteiger partial charge is 0.162 e. The Bertz CT molecular complexity index is 958. The van der Waals surface area contributed by atoms with Gasteiger partial charge in [-0.2, -0.15) is 0 Å². The molecule has 0 aliphatic rings. The zero-order valence-electron chi connectivity index (χ0n) is 15.0. The van der Waals surface area contributed by atoms with E-state index in [0.717, 1.165) is 46.9 Å². The molecule has 0 aromatic carbocycles. The largest absolute Gasteiger partial charge is 0.371 e. The second-order valence-corrected chi connectivity index (χ2v) is 6.00. The quantitative estimate of drug-likeness (QED) is 0.429. The van der Waals surface area contributed by atoms with Crippen LogP contribution in [0.25, 0.3) is 22.3 Å². The molecule has 4 heterocycles. The summed E-state index contributed by atoms with van der Waals surface area (Å²) in [6.45, 7) is 5.31. The number of hydrogen-bond acceptors (Lipinski definition) is 8. The summed E-state index contributed by atoms with van der Waals surface area (Å²) in [5.74, 6) is 2.24. The summed E-state index contributed by atoms with van der Waals surface area (Å²) < 4.78 is 0. The maximum Gasteiger partial charge on any atom is 0.162 e. The van der Waals surface area contributed by atoms with E-state index in [2.05, 4.69) is 64.4 Å². The van der Waals surface area contributed by atoms with Gasteiger partial charge in [0.15, 0.2) is 22.9 Å². The Morgan fingerprint density at radius 1 is 0.846 bits per heavy atom. The van der Waals surface area contributed by atoms with Gasteiger partial charge in [-0.15, -0.1) is 0 Å². The van der Waals surface area contributed by atoms with E-state index in [9.17, 15) is 0 Å². The highest BCUT2D eigenvalue weighted by atomic mass is 15.1. The van der Waals surface area contributed by atoms with Crippen molar-refractivity contribution < 1.29 is 0 Å². The first kappa shape index (κ1) is 17.5. The average Bonchev–Trinajstić information content (AvgIpc) is 3.31. The summed E-state index contributed by atoms with van der Waals surface area (Å²) in [7, 11) is 1.80. The van der Waals surface area contributed by atoms with E-state index in [0.29, 0.717) is 5.92 Å². The Kier molecular flexibility index (Phi) is 5.52. The molecule has 4 N–H and O–H groups in total. The molecule has 0 saturated carbocycles. The predicted octanol–water partition coefficient (Wildman–Crippen LogP) is 2.21. The number of H-pyrrole nitrogens is 2. The second kappa shape index (κ2) is 8.19. The van der Waals surface area contributed by atoms with Gasteiger partial charge >= 0.3 is 0 Å². The Balaban J connectivity index is 0.000000158. The maximum absolute atomic E-state index is 4.17. The van der Waals surface area contributed by atoms with E-state index in [-0.39, 0.29) is 0 Å². The van der Waals surface area contributed by atoms with Crippen LogP contribution in [-0.2, 0) is 0 Å². The van der Waals surface area contributed by atoms with E-state index in [1.807, 2.05) is 0 Å². The highest BCUT2D eigenvalue weighted by Crippen LogP contribution is 2.14. The van der Waals surface area contributed by atoms with E-state index >= 15 is 0 Å². The van der Waals surface area contributed by atoms with E-state index in [4.69, 9.17) is 0 Å². The summed E-state index contributed by atoms with van der Waals surface area (Å²) in [5.41, 5.74) is 3.11. The molecular weight excluding hydrogens is 332 g/mol. The molecule has 0 aliphatic heterocycles. The van der Waals surface area contributed by atoms with Gasteiger partial charge in [0.05, 0.1) is 12.7 Å². The summed E-state index contributed by atoms with van der Waals surface area (Å²) in [4.78, 5) is 30.3. The molecule has 10 nitrogen and oxygen atoms in total. The number of aromatic nitrogens is 8. The first-order valence-corrected chi connectivity index (χ1v) is 8.38. The van der Waals surface area contributed by atoms with E-state index in [1.165, 1.54) is 12.7 Å². The third kappa shape index (κ3) is 4.02. The predicted molar refractivity (Wildman–Crippen MR) is 101 cm³/mol. The highest BCUT2D eigenvalue weighted by Gasteiger charge is 2.05. The van der Waals surface area contributed by atoms with Gasteiger partial charge in [0.1, 0.15) is 23.7 Å². The molecule has 0 fully saturated rings. The lowest BCUT2D eigenvalue weighted by atomic mass is 10.1. The minimum Gasteiger partial charge on any atom is -0.371 e. The molecule has 26 heavy (non-hydrogen) atoms. The van der Waals surface area contributed by atoms with E-state index in [1.54, 1.807) is 19.7 Å². The van der Waals surface area contributed by atoms with Crippen LogP contribution in [0.5, 0.6) is 0 Å². The third-order valence-electron chi connectivity index (χ3n) is 3.69. The summed E-state index contributed by atoms with van der Waals surface area (Å²) in [5, 5.41) is 6.19. The molecule has 10 heteroatoms. The number of rotatable bonds is 5. The van der Waals surface area contributed by atoms with Crippen LogP contribution in [0, 0.1) is 5.92 Å². The van der Waals surface area contributed by atoms with Crippen molar-refractivity contribution in [2.75, 3.05) is 24.2 Å². The Hall–Kier alpha value is -3.30. The van der Waals surface area contributed by atoms with Gasteiger partial charge in [0.25, 0.3) is 0 Å². The van der Waals surface area contributed by atoms with Crippen LogP contribution in [0.1, 0.15) is 20.3 Å². The van der Waals surface area contributed by atoms with Crippen molar-refractivity contribution in [1.82, 2.24) is 39.9 Å². The molecule has 0 aliphatic carbocycles. The number of fused-ring (bicyclic) bond motifs is 2. The number of nitrogens with one attached hydrogen (secondary N) is 4. The Morgan fingerprint density at radius 2 is 1.42 bits per heavy atom. The molecule has 136 valence electrons. The first-order chi connectivity index (χ1) is 12.7. The minimum absolute atomic E-state index is 0.689. The van der Waals surface area contributed by atoms with Gasteiger partial charge in [-0.05, 0) is 12.3 Å². The van der Waals surface area contributed by atoms with Crippen molar-refractivity contribution in [2.45, 2.75) is 20.3 Å². The van der Waals surface area contributed by atoms with Crippen LogP contribution in [-0.4, -0.2) is 53.5 Å². The number of nitrogens with zero attached hydrogens (tertiary/aromatic N) is 6. The van der Waals surface area contributed by atoms with Gasteiger partial charge in [0.2, 0.25) is 0 Å². The molecule has 0 bridgehead atoms. The molecule has 0 saturated heterocycles. The lowest BCUT2D eigenvalue weighted by molar-refractivity contribution is 0.607. The Labute approximate surface area is 150 Å². The molecule has 0 unspecified atom stereocenters. The van der Waals surface area contributed by atoms with E-state index < -0.39 is 0 Å². The molecule has 0 atom stereocenters. The van der Waals surface area contributed by atoms with Gasteiger partial charge in [-0.1, -0.05) is 13.8 Å². The summed E-state index contributed by atoms with van der Waals surface area (Å²) in [6.07, 6.45) is 7.38. The first-order valence-electron chi connectivity index (χ1n) is 8.38. The number of imidazole rings is 2. The monoisotopic (exact) mass is 354 g/mol. The molecule has 4 aromatic heterocycles. The standard InChI is InChI=1S/C10H15N5.C6H7N5/c1-7(2)3-4-11-9-8-10(13-5-12-8)15-6-14-9;1-7-5-4-6(10-2-8-4)11-3-9-5/h5-7H,3-4H2,1-2H3,(H2,11,12,13,14,15);2-3H,1H3,(H2,7,8,9,10,11). The number of anilines is 2. The SMILES string of the molecule is CC(C)CCNc1ncnc2[nH]cnc12.CNc1ncnc2[nH]cnc12. The lowest BCUT2D eigenvalue weighted by Gasteiger charge is -2.07. The topological polar surface area (TPSA) is 133 Å². The minimum atomic E-state index is 0.689. The van der Waals surface area contributed by atoms with Gasteiger partial charge < -0.3 is 20.6 Å². The maximum atomic E-state index is 4.17. The summed E-state index contributed by atoms with van der Waals surface area (Å²) >= 11 is 0. The van der Waals surface area contributed by atoms with Gasteiger partial charge in [-0.25, -0.2) is 29.9 Å². The fourth-order valence-electron chi connectivity index (χ4n) is 2.32. The molecular formula is C16H22N10. The average molecular weight is 354 g/mol. The zero-order chi connectivity index (χ0) is 18.4.